The van der Waals surface area contributed by atoms with E-state index >= 15 is 0 Å². The fourth-order valence-corrected chi connectivity index (χ4v) is 1.22. The molecule has 0 aliphatic rings. The Hall–Kier alpha value is -1.46. The van der Waals surface area contributed by atoms with Gasteiger partial charge in [0.15, 0.2) is 0 Å². The first-order valence-electron chi connectivity index (χ1n) is 5.57. The lowest BCUT2D eigenvalue weighted by Crippen LogP contribution is -2.21. The lowest BCUT2D eigenvalue weighted by atomic mass is 10.2. The van der Waals surface area contributed by atoms with Crippen LogP contribution in [0, 0.1) is 11.8 Å². The van der Waals surface area contributed by atoms with E-state index in [0.29, 0.717) is 12.6 Å². The highest BCUT2D eigenvalue weighted by atomic mass is 16.5. The lowest BCUT2D eigenvalue weighted by Gasteiger charge is -2.08. The highest BCUT2D eigenvalue weighted by Crippen LogP contribution is 2.11. The molecular weight excluding hydrogens is 198 g/mol. The molecule has 2 nitrogen and oxygen atoms in total. The van der Waals surface area contributed by atoms with Crippen LogP contribution in [0.15, 0.2) is 24.3 Å². The van der Waals surface area contributed by atoms with Crippen LogP contribution >= 0.6 is 0 Å². The fourth-order valence-electron chi connectivity index (χ4n) is 1.22. The molecule has 2 heteroatoms. The number of nitrogens with one attached hydrogen (secondary N) is 1. The van der Waals surface area contributed by atoms with Gasteiger partial charge in [0.1, 0.15) is 12.4 Å². The van der Waals surface area contributed by atoms with E-state index in [1.54, 1.807) is 0 Å². The summed E-state index contributed by atoms with van der Waals surface area (Å²) in [6.45, 7) is 7.44. The van der Waals surface area contributed by atoms with Gasteiger partial charge in [-0.2, -0.15) is 0 Å². The van der Waals surface area contributed by atoms with Gasteiger partial charge < -0.3 is 10.1 Å². The molecule has 0 bridgehead atoms. The van der Waals surface area contributed by atoms with Crippen molar-refractivity contribution in [3.8, 4) is 17.6 Å². The molecule has 86 valence electrons. The summed E-state index contributed by atoms with van der Waals surface area (Å²) in [4.78, 5) is 0. The average molecular weight is 217 g/mol. The van der Waals surface area contributed by atoms with Crippen LogP contribution in [-0.4, -0.2) is 12.6 Å². The van der Waals surface area contributed by atoms with Crippen LogP contribution in [0.1, 0.15) is 26.3 Å². The highest BCUT2D eigenvalue weighted by Gasteiger charge is 1.96. The molecule has 0 unspecified atom stereocenters. The van der Waals surface area contributed by atoms with Gasteiger partial charge in [-0.1, -0.05) is 31.9 Å². The van der Waals surface area contributed by atoms with Gasteiger partial charge in [-0.3, -0.25) is 0 Å². The molecule has 0 atom stereocenters. The van der Waals surface area contributed by atoms with Gasteiger partial charge in [0.05, 0.1) is 0 Å². The number of hydrogen-bond donors (Lipinski definition) is 1. The molecule has 0 amide bonds. The maximum Gasteiger partial charge on any atom is 0.149 e. The Morgan fingerprint density at radius 2 is 1.94 bits per heavy atom. The van der Waals surface area contributed by atoms with Crippen LogP contribution < -0.4 is 10.1 Å². The number of ether oxygens (including phenoxy) is 1. The molecule has 0 spiro atoms. The van der Waals surface area contributed by atoms with Gasteiger partial charge in [0, 0.05) is 12.6 Å². The molecule has 1 aromatic carbocycles. The highest BCUT2D eigenvalue weighted by molar-refractivity contribution is 5.27. The molecule has 0 radical (unpaired) electrons. The van der Waals surface area contributed by atoms with Crippen LogP contribution in [0.5, 0.6) is 5.75 Å². The maximum absolute atomic E-state index is 5.43. The molecule has 0 aliphatic carbocycles. The molecule has 0 saturated heterocycles. The Morgan fingerprint density at radius 3 is 2.50 bits per heavy atom. The summed E-state index contributed by atoms with van der Waals surface area (Å²) >= 11 is 0. The van der Waals surface area contributed by atoms with Crippen LogP contribution in [-0.2, 0) is 6.54 Å². The summed E-state index contributed by atoms with van der Waals surface area (Å²) < 4.78 is 5.43. The first kappa shape index (κ1) is 12.6. The van der Waals surface area contributed by atoms with Gasteiger partial charge in [0.2, 0.25) is 0 Å². The number of rotatable bonds is 5. The molecule has 0 fully saturated rings. The van der Waals surface area contributed by atoms with Crippen LogP contribution in [0.25, 0.3) is 0 Å². The summed E-state index contributed by atoms with van der Waals surface area (Å²) in [5, 5.41) is 3.37. The summed E-state index contributed by atoms with van der Waals surface area (Å²) in [5.74, 6) is 6.54. The topological polar surface area (TPSA) is 21.3 Å². The van der Waals surface area contributed by atoms with Gasteiger partial charge in [-0.15, -0.1) is 5.92 Å². The molecular formula is C14H19NO. The monoisotopic (exact) mass is 217 g/mol. The first-order chi connectivity index (χ1) is 7.72. The molecule has 1 rings (SSSR count). The minimum atomic E-state index is 0.458. The summed E-state index contributed by atoms with van der Waals surface area (Å²) in [6, 6.07) is 8.62. The Morgan fingerprint density at radius 1 is 1.25 bits per heavy atom. The van der Waals surface area contributed by atoms with Crippen molar-refractivity contribution in [3.63, 3.8) is 0 Å². The largest absolute Gasteiger partial charge is 0.481 e. The van der Waals surface area contributed by atoms with Gasteiger partial charge in [0.25, 0.3) is 0 Å². The zero-order valence-electron chi connectivity index (χ0n) is 10.2. The van der Waals surface area contributed by atoms with E-state index in [2.05, 4.69) is 43.1 Å². The Balaban J connectivity index is 2.43. The summed E-state index contributed by atoms with van der Waals surface area (Å²) in [7, 11) is 0. The summed E-state index contributed by atoms with van der Waals surface area (Å²) in [6.07, 6.45) is 0. The van der Waals surface area contributed by atoms with Crippen molar-refractivity contribution in [1.29, 1.82) is 0 Å². The van der Waals surface area contributed by atoms with E-state index in [4.69, 9.17) is 4.74 Å². The van der Waals surface area contributed by atoms with Crippen molar-refractivity contribution in [2.75, 3.05) is 6.61 Å². The van der Waals surface area contributed by atoms with Crippen molar-refractivity contribution in [3.05, 3.63) is 29.8 Å². The Bertz CT molecular complexity index is 357. The van der Waals surface area contributed by atoms with E-state index in [1.165, 1.54) is 5.56 Å². The smallest absolute Gasteiger partial charge is 0.149 e. The minimum Gasteiger partial charge on any atom is -0.481 e. The number of hydrogen-bond acceptors (Lipinski definition) is 2. The van der Waals surface area contributed by atoms with E-state index in [9.17, 15) is 0 Å². The van der Waals surface area contributed by atoms with E-state index in [0.717, 1.165) is 12.3 Å². The molecule has 0 aromatic heterocycles. The van der Waals surface area contributed by atoms with E-state index in [-0.39, 0.29) is 0 Å². The quantitative estimate of drug-likeness (QED) is 0.765. The van der Waals surface area contributed by atoms with Crippen molar-refractivity contribution < 1.29 is 4.74 Å². The molecule has 0 aliphatic heterocycles. The molecule has 16 heavy (non-hydrogen) atoms. The third-order valence-corrected chi connectivity index (χ3v) is 2.13. The van der Waals surface area contributed by atoms with Crippen molar-refractivity contribution in [2.24, 2.45) is 0 Å². The van der Waals surface area contributed by atoms with Crippen LogP contribution in [0.2, 0.25) is 0 Å². The third-order valence-electron chi connectivity index (χ3n) is 2.13. The molecule has 1 N–H and O–H groups in total. The maximum atomic E-state index is 5.43. The zero-order valence-corrected chi connectivity index (χ0v) is 10.2. The molecule has 0 heterocycles. The molecule has 0 saturated carbocycles. The zero-order chi connectivity index (χ0) is 11.8. The predicted octanol–water partition coefficient (Wildman–Crippen LogP) is 2.59. The van der Waals surface area contributed by atoms with Gasteiger partial charge >= 0.3 is 0 Å². The predicted molar refractivity (Wildman–Crippen MR) is 67.4 cm³/mol. The van der Waals surface area contributed by atoms with Crippen molar-refractivity contribution >= 4 is 0 Å². The van der Waals surface area contributed by atoms with E-state index in [1.807, 2.05) is 19.1 Å². The first-order valence-corrected chi connectivity index (χ1v) is 5.57. The second-order valence-corrected chi connectivity index (χ2v) is 3.90. The van der Waals surface area contributed by atoms with Crippen molar-refractivity contribution in [2.45, 2.75) is 33.4 Å². The Kier molecular flexibility index (Phi) is 5.45. The SMILES string of the molecule is CC#CCOc1ccc(CNC(C)C)cc1. The van der Waals surface area contributed by atoms with Gasteiger partial charge in [-0.25, -0.2) is 0 Å². The standard InChI is InChI=1S/C14H19NO/c1-4-5-10-16-14-8-6-13(7-9-14)11-15-12(2)3/h6-9,12,15H,10-11H2,1-3H3. The van der Waals surface area contributed by atoms with Crippen LogP contribution in [0.4, 0.5) is 0 Å². The van der Waals surface area contributed by atoms with Gasteiger partial charge in [-0.05, 0) is 24.6 Å². The second kappa shape index (κ2) is 6.92. The normalized spacial score (nSPS) is 9.75. The Labute approximate surface area is 98.0 Å². The second-order valence-electron chi connectivity index (χ2n) is 3.90. The van der Waals surface area contributed by atoms with Crippen molar-refractivity contribution in [1.82, 2.24) is 5.32 Å². The third kappa shape index (κ3) is 4.86. The van der Waals surface area contributed by atoms with Crippen LogP contribution in [0.3, 0.4) is 0 Å². The molecule has 1 aromatic rings. The minimum absolute atomic E-state index is 0.458. The number of benzene rings is 1. The van der Waals surface area contributed by atoms with E-state index < -0.39 is 0 Å². The summed E-state index contributed by atoms with van der Waals surface area (Å²) in [5.41, 5.74) is 1.27. The average Bonchev–Trinajstić information content (AvgIpc) is 2.28. The fraction of sp³-hybridized carbons (Fsp3) is 0.429. The lowest BCUT2D eigenvalue weighted by molar-refractivity contribution is 0.370.